The molecule has 1 unspecified atom stereocenters. The fraction of sp³-hybridized carbons (Fsp3) is 0.333. The predicted molar refractivity (Wildman–Crippen MR) is 95.3 cm³/mol. The number of carbonyl (C=O) groups is 1. The molecular formula is C18H21N5O2. The summed E-state index contributed by atoms with van der Waals surface area (Å²) in [7, 11) is 0. The molecule has 1 aromatic carbocycles. The number of nitrogens with zero attached hydrogens (tertiary/aromatic N) is 4. The molecule has 0 radical (unpaired) electrons. The molecule has 0 bridgehead atoms. The summed E-state index contributed by atoms with van der Waals surface area (Å²) in [6, 6.07) is 11.4. The molecule has 25 heavy (non-hydrogen) atoms. The lowest BCUT2D eigenvalue weighted by molar-refractivity contribution is -0.122. The van der Waals surface area contributed by atoms with E-state index in [-0.39, 0.29) is 24.1 Å². The second kappa shape index (κ2) is 6.88. The molecule has 7 nitrogen and oxygen atoms in total. The maximum absolute atomic E-state index is 12.7. The number of hydrogen-bond acceptors (Lipinski definition) is 4. The summed E-state index contributed by atoms with van der Waals surface area (Å²) in [6.45, 7) is 5.57. The van der Waals surface area contributed by atoms with Crippen molar-refractivity contribution in [2.45, 2.75) is 39.8 Å². The maximum atomic E-state index is 12.7. The van der Waals surface area contributed by atoms with Gasteiger partial charge in [0.25, 0.3) is 5.56 Å². The van der Waals surface area contributed by atoms with Crippen molar-refractivity contribution in [3.8, 4) is 11.3 Å². The molecule has 1 N–H and O–H groups in total. The first-order chi connectivity index (χ1) is 12.0. The fourth-order valence-electron chi connectivity index (χ4n) is 2.59. The molecule has 0 saturated heterocycles. The van der Waals surface area contributed by atoms with Crippen LogP contribution < -0.4 is 10.9 Å². The average Bonchev–Trinajstić information content (AvgIpc) is 3.06. The number of benzene rings is 1. The first-order valence-electron chi connectivity index (χ1n) is 8.32. The van der Waals surface area contributed by atoms with Gasteiger partial charge in [-0.15, -0.1) is 0 Å². The van der Waals surface area contributed by atoms with Gasteiger partial charge in [-0.2, -0.15) is 10.2 Å². The fourth-order valence-corrected chi connectivity index (χ4v) is 2.59. The largest absolute Gasteiger partial charge is 0.352 e. The number of aryl methyl sites for hydroxylation is 1. The van der Waals surface area contributed by atoms with E-state index in [1.807, 2.05) is 44.2 Å². The molecule has 3 aromatic rings. The second-order valence-electron chi connectivity index (χ2n) is 6.08. The van der Waals surface area contributed by atoms with Gasteiger partial charge in [0, 0.05) is 11.6 Å². The Bertz CT molecular complexity index is 959. The summed E-state index contributed by atoms with van der Waals surface area (Å²) in [4.78, 5) is 24.8. The van der Waals surface area contributed by atoms with Crippen molar-refractivity contribution < 1.29 is 4.79 Å². The highest BCUT2D eigenvalue weighted by Crippen LogP contribution is 2.18. The van der Waals surface area contributed by atoms with Gasteiger partial charge in [-0.3, -0.25) is 9.59 Å². The highest BCUT2D eigenvalue weighted by atomic mass is 16.2. The first kappa shape index (κ1) is 16.9. The van der Waals surface area contributed by atoms with Gasteiger partial charge >= 0.3 is 0 Å². The second-order valence-corrected chi connectivity index (χ2v) is 6.08. The normalized spacial score (nSPS) is 12.3. The van der Waals surface area contributed by atoms with Crippen LogP contribution in [0.2, 0.25) is 0 Å². The quantitative estimate of drug-likeness (QED) is 0.768. The Morgan fingerprint density at radius 3 is 2.64 bits per heavy atom. The molecule has 130 valence electrons. The number of rotatable bonds is 5. The summed E-state index contributed by atoms with van der Waals surface area (Å²) in [5.41, 5.74) is 1.69. The molecule has 1 atom stereocenters. The Labute approximate surface area is 145 Å². The van der Waals surface area contributed by atoms with Crippen LogP contribution in [0.1, 0.15) is 26.1 Å². The number of amides is 1. The summed E-state index contributed by atoms with van der Waals surface area (Å²) < 4.78 is 2.71. The van der Waals surface area contributed by atoms with Crippen LogP contribution in [0.3, 0.4) is 0 Å². The van der Waals surface area contributed by atoms with Gasteiger partial charge in [0.15, 0.2) is 0 Å². The number of fused-ring (bicyclic) bond motifs is 1. The molecule has 1 amide bonds. The Morgan fingerprint density at radius 1 is 1.24 bits per heavy atom. The minimum absolute atomic E-state index is 0.0627. The average molecular weight is 339 g/mol. The smallest absolute Gasteiger partial charge is 0.293 e. The molecule has 0 aliphatic rings. The van der Waals surface area contributed by atoms with Crippen molar-refractivity contribution in [1.82, 2.24) is 24.7 Å². The lowest BCUT2D eigenvalue weighted by Crippen LogP contribution is -2.38. The third kappa shape index (κ3) is 3.45. The van der Waals surface area contributed by atoms with Crippen LogP contribution in [0, 0.1) is 6.92 Å². The highest BCUT2D eigenvalue weighted by molar-refractivity contribution is 5.76. The minimum atomic E-state index is -0.334. The van der Waals surface area contributed by atoms with Crippen molar-refractivity contribution in [1.29, 1.82) is 0 Å². The van der Waals surface area contributed by atoms with Gasteiger partial charge in [0.05, 0.1) is 5.69 Å². The molecule has 7 heteroatoms. The summed E-state index contributed by atoms with van der Waals surface area (Å²) in [5, 5.41) is 11.5. The van der Waals surface area contributed by atoms with E-state index in [1.54, 1.807) is 13.0 Å². The molecular weight excluding hydrogens is 318 g/mol. The van der Waals surface area contributed by atoms with E-state index in [1.165, 1.54) is 9.20 Å². The first-order valence-corrected chi connectivity index (χ1v) is 8.32. The van der Waals surface area contributed by atoms with Crippen LogP contribution in [-0.2, 0) is 11.3 Å². The third-order valence-corrected chi connectivity index (χ3v) is 4.12. The van der Waals surface area contributed by atoms with E-state index >= 15 is 0 Å². The molecule has 0 fully saturated rings. The number of hydrogen-bond donors (Lipinski definition) is 1. The molecule has 2 heterocycles. The SMILES string of the molecule is CCC(C)NC(=O)Cn1nc(C)n2nc(-c3ccccc3)cc2c1=O. The summed E-state index contributed by atoms with van der Waals surface area (Å²) in [5.74, 6) is 0.323. The predicted octanol–water partition coefficient (Wildman–Crippen LogP) is 1.78. The van der Waals surface area contributed by atoms with Crippen LogP contribution in [0.15, 0.2) is 41.2 Å². The zero-order valence-electron chi connectivity index (χ0n) is 14.6. The van der Waals surface area contributed by atoms with Crippen molar-refractivity contribution >= 4 is 11.4 Å². The minimum Gasteiger partial charge on any atom is -0.352 e. The van der Waals surface area contributed by atoms with Gasteiger partial charge in [0.1, 0.15) is 17.9 Å². The van der Waals surface area contributed by atoms with Crippen molar-refractivity contribution in [3.63, 3.8) is 0 Å². The lowest BCUT2D eigenvalue weighted by Gasteiger charge is -2.12. The monoisotopic (exact) mass is 339 g/mol. The van der Waals surface area contributed by atoms with Gasteiger partial charge in [0.2, 0.25) is 5.91 Å². The molecule has 0 saturated carbocycles. The van der Waals surface area contributed by atoms with Crippen molar-refractivity contribution in [2.24, 2.45) is 0 Å². The number of carbonyl (C=O) groups excluding carboxylic acids is 1. The highest BCUT2D eigenvalue weighted by Gasteiger charge is 2.15. The summed E-state index contributed by atoms with van der Waals surface area (Å²) in [6.07, 6.45) is 0.829. The third-order valence-electron chi connectivity index (χ3n) is 4.12. The van der Waals surface area contributed by atoms with Crippen LogP contribution >= 0.6 is 0 Å². The van der Waals surface area contributed by atoms with E-state index in [0.29, 0.717) is 17.0 Å². The van der Waals surface area contributed by atoms with Gasteiger partial charge in [-0.05, 0) is 26.3 Å². The van der Waals surface area contributed by atoms with Crippen LogP contribution in [0.4, 0.5) is 0 Å². The lowest BCUT2D eigenvalue weighted by atomic mass is 10.1. The molecule has 0 aliphatic heterocycles. The van der Waals surface area contributed by atoms with E-state index in [9.17, 15) is 9.59 Å². The topological polar surface area (TPSA) is 81.3 Å². The van der Waals surface area contributed by atoms with Gasteiger partial charge in [-0.25, -0.2) is 9.20 Å². The van der Waals surface area contributed by atoms with E-state index in [4.69, 9.17) is 0 Å². The van der Waals surface area contributed by atoms with Gasteiger partial charge < -0.3 is 5.32 Å². The van der Waals surface area contributed by atoms with Gasteiger partial charge in [-0.1, -0.05) is 37.3 Å². The maximum Gasteiger partial charge on any atom is 0.293 e. The summed E-state index contributed by atoms with van der Waals surface area (Å²) >= 11 is 0. The van der Waals surface area contributed by atoms with Crippen LogP contribution in [-0.4, -0.2) is 31.3 Å². The number of nitrogens with one attached hydrogen (secondary N) is 1. The Kier molecular flexibility index (Phi) is 4.65. The van der Waals surface area contributed by atoms with Crippen molar-refractivity contribution in [3.05, 3.63) is 52.6 Å². The van der Waals surface area contributed by atoms with Crippen LogP contribution in [0.25, 0.3) is 16.8 Å². The zero-order valence-corrected chi connectivity index (χ0v) is 14.6. The van der Waals surface area contributed by atoms with E-state index < -0.39 is 0 Å². The molecule has 3 rings (SSSR count). The Balaban J connectivity index is 1.98. The number of aromatic nitrogens is 4. The standard InChI is InChI=1S/C18H21N5O2/c1-4-12(2)19-17(24)11-22-18(25)16-10-15(14-8-6-5-7-9-14)21-23(16)13(3)20-22/h5-10,12H,4,11H2,1-3H3,(H,19,24). The zero-order chi connectivity index (χ0) is 18.0. The molecule has 2 aromatic heterocycles. The molecule has 0 spiro atoms. The van der Waals surface area contributed by atoms with E-state index in [0.717, 1.165) is 12.0 Å². The Hall–Kier alpha value is -2.96. The van der Waals surface area contributed by atoms with E-state index in [2.05, 4.69) is 15.5 Å². The van der Waals surface area contributed by atoms with Crippen molar-refractivity contribution in [2.75, 3.05) is 0 Å². The Morgan fingerprint density at radius 2 is 1.96 bits per heavy atom. The molecule has 0 aliphatic carbocycles. The van der Waals surface area contributed by atoms with Crippen LogP contribution in [0.5, 0.6) is 0 Å².